The Labute approximate surface area is 106 Å². The van der Waals surface area contributed by atoms with Gasteiger partial charge in [0, 0.05) is 6.54 Å². The molecule has 0 aliphatic carbocycles. The number of rotatable bonds is 5. The van der Waals surface area contributed by atoms with Gasteiger partial charge in [0.1, 0.15) is 0 Å². The van der Waals surface area contributed by atoms with E-state index in [1.807, 2.05) is 20.8 Å². The summed E-state index contributed by atoms with van der Waals surface area (Å²) in [7, 11) is 0. The van der Waals surface area contributed by atoms with Crippen LogP contribution in [0.25, 0.3) is 0 Å². The van der Waals surface area contributed by atoms with Gasteiger partial charge < -0.3 is 11.1 Å². The maximum atomic E-state index is 11.7. The highest BCUT2D eigenvalue weighted by Gasteiger charge is 2.27. The summed E-state index contributed by atoms with van der Waals surface area (Å²) in [6, 6.07) is -0.424. The molecule has 0 fully saturated rings. The van der Waals surface area contributed by atoms with Crippen LogP contribution in [0.2, 0.25) is 0 Å². The molecule has 0 rings (SSSR count). The summed E-state index contributed by atoms with van der Waals surface area (Å²) in [4.78, 5) is 11.7. The maximum absolute atomic E-state index is 11.7. The largest absolute Gasteiger partial charge is 0.354 e. The molecule has 0 aliphatic rings. The average Bonchev–Trinajstić information content (AvgIpc) is 2.16. The van der Waals surface area contributed by atoms with Crippen molar-refractivity contribution in [1.29, 1.82) is 0 Å². The molecule has 0 bridgehead atoms. The van der Waals surface area contributed by atoms with E-state index in [1.165, 1.54) is 0 Å². The fraction of sp³-hybridized carbons (Fsp3) is 0.917. The summed E-state index contributed by atoms with van der Waals surface area (Å²) in [5.41, 5.74) is 5.68. The number of nitrogens with two attached hydrogens (primary N) is 1. The molecule has 0 aromatic rings. The summed E-state index contributed by atoms with van der Waals surface area (Å²) in [6.45, 7) is 11.0. The van der Waals surface area contributed by atoms with Crippen molar-refractivity contribution < 1.29 is 4.79 Å². The molecule has 0 aromatic carbocycles. The third kappa shape index (κ3) is 6.33. The van der Waals surface area contributed by atoms with E-state index in [4.69, 9.17) is 5.73 Å². The lowest BCUT2D eigenvalue weighted by Gasteiger charge is -2.26. The molecule has 0 radical (unpaired) electrons. The SMILES string of the molecule is CCC(CC)CNC(=O)[C@@H](N)C(C)(C)C.Cl. The van der Waals surface area contributed by atoms with Gasteiger partial charge in [0.2, 0.25) is 5.91 Å². The van der Waals surface area contributed by atoms with Gasteiger partial charge >= 0.3 is 0 Å². The van der Waals surface area contributed by atoms with Gasteiger partial charge in [-0.3, -0.25) is 4.79 Å². The van der Waals surface area contributed by atoms with Gasteiger partial charge in [0.25, 0.3) is 0 Å². The van der Waals surface area contributed by atoms with Gasteiger partial charge in [-0.05, 0) is 11.3 Å². The van der Waals surface area contributed by atoms with E-state index in [0.29, 0.717) is 5.92 Å². The Balaban J connectivity index is 0. The number of halogens is 1. The zero-order valence-corrected chi connectivity index (χ0v) is 12.0. The summed E-state index contributed by atoms with van der Waals surface area (Å²) < 4.78 is 0. The molecule has 3 N–H and O–H groups in total. The van der Waals surface area contributed by atoms with Crippen molar-refractivity contribution in [3.05, 3.63) is 0 Å². The van der Waals surface area contributed by atoms with E-state index < -0.39 is 6.04 Å². The minimum atomic E-state index is -0.424. The van der Waals surface area contributed by atoms with Gasteiger partial charge in [-0.1, -0.05) is 47.5 Å². The summed E-state index contributed by atoms with van der Waals surface area (Å²) in [5.74, 6) is 0.538. The van der Waals surface area contributed by atoms with Crippen LogP contribution in [0.4, 0.5) is 0 Å². The van der Waals surface area contributed by atoms with Crippen LogP contribution < -0.4 is 11.1 Å². The number of hydrogen-bond acceptors (Lipinski definition) is 2. The lowest BCUT2D eigenvalue weighted by atomic mass is 9.87. The number of carbonyl (C=O) groups is 1. The predicted octanol–water partition coefficient (Wildman–Crippen LogP) is 2.33. The maximum Gasteiger partial charge on any atom is 0.237 e. The minimum Gasteiger partial charge on any atom is -0.354 e. The molecular weight excluding hydrogens is 224 g/mol. The third-order valence-corrected chi connectivity index (χ3v) is 2.94. The fourth-order valence-electron chi connectivity index (χ4n) is 1.33. The van der Waals surface area contributed by atoms with Crippen molar-refractivity contribution in [3.8, 4) is 0 Å². The van der Waals surface area contributed by atoms with Crippen molar-refractivity contribution in [2.24, 2.45) is 17.1 Å². The van der Waals surface area contributed by atoms with E-state index in [-0.39, 0.29) is 23.7 Å². The van der Waals surface area contributed by atoms with Crippen molar-refractivity contribution in [3.63, 3.8) is 0 Å². The smallest absolute Gasteiger partial charge is 0.237 e. The monoisotopic (exact) mass is 250 g/mol. The summed E-state index contributed by atoms with van der Waals surface area (Å²) >= 11 is 0. The number of nitrogens with one attached hydrogen (secondary N) is 1. The van der Waals surface area contributed by atoms with Crippen LogP contribution >= 0.6 is 12.4 Å². The standard InChI is InChI=1S/C12H26N2O.ClH/c1-6-9(7-2)8-14-11(15)10(13)12(3,4)5;/h9-10H,6-8,13H2,1-5H3,(H,14,15);1H/t10-;/m1./s1. The molecule has 3 nitrogen and oxygen atoms in total. The van der Waals surface area contributed by atoms with Gasteiger partial charge in [0.15, 0.2) is 0 Å². The normalized spacial score (nSPS) is 13.2. The first kappa shape index (κ1) is 18.1. The molecule has 4 heteroatoms. The van der Waals surface area contributed by atoms with E-state index in [0.717, 1.165) is 19.4 Å². The molecule has 0 saturated carbocycles. The molecule has 16 heavy (non-hydrogen) atoms. The zero-order chi connectivity index (χ0) is 12.1. The minimum absolute atomic E-state index is 0. The molecular formula is C12H27ClN2O. The van der Waals surface area contributed by atoms with Gasteiger partial charge in [-0.2, -0.15) is 0 Å². The Morgan fingerprint density at radius 3 is 2.00 bits per heavy atom. The highest BCUT2D eigenvalue weighted by molar-refractivity contribution is 5.85. The van der Waals surface area contributed by atoms with E-state index in [1.54, 1.807) is 0 Å². The molecule has 0 aliphatic heterocycles. The van der Waals surface area contributed by atoms with Crippen LogP contribution in [-0.2, 0) is 4.79 Å². The molecule has 0 aromatic heterocycles. The van der Waals surface area contributed by atoms with Crippen LogP contribution in [0.15, 0.2) is 0 Å². The number of amides is 1. The molecule has 0 unspecified atom stereocenters. The van der Waals surface area contributed by atoms with E-state index in [2.05, 4.69) is 19.2 Å². The van der Waals surface area contributed by atoms with Crippen LogP contribution in [0, 0.1) is 11.3 Å². The predicted molar refractivity (Wildman–Crippen MR) is 71.8 cm³/mol. The number of hydrogen-bond donors (Lipinski definition) is 2. The van der Waals surface area contributed by atoms with Gasteiger partial charge in [-0.25, -0.2) is 0 Å². The highest BCUT2D eigenvalue weighted by Crippen LogP contribution is 2.17. The fourth-order valence-corrected chi connectivity index (χ4v) is 1.33. The average molecular weight is 251 g/mol. The van der Waals surface area contributed by atoms with Crippen molar-refractivity contribution in [2.45, 2.75) is 53.5 Å². The Morgan fingerprint density at radius 1 is 1.25 bits per heavy atom. The van der Waals surface area contributed by atoms with Gasteiger partial charge in [0.05, 0.1) is 6.04 Å². The van der Waals surface area contributed by atoms with Crippen LogP contribution in [0.5, 0.6) is 0 Å². The van der Waals surface area contributed by atoms with Crippen molar-refractivity contribution >= 4 is 18.3 Å². The van der Waals surface area contributed by atoms with Crippen LogP contribution in [-0.4, -0.2) is 18.5 Å². The Hall–Kier alpha value is -0.280. The Bertz CT molecular complexity index is 198. The molecule has 0 heterocycles. The van der Waals surface area contributed by atoms with Crippen molar-refractivity contribution in [2.75, 3.05) is 6.54 Å². The molecule has 1 amide bonds. The topological polar surface area (TPSA) is 55.1 Å². The third-order valence-electron chi connectivity index (χ3n) is 2.94. The number of carbonyl (C=O) groups excluding carboxylic acids is 1. The van der Waals surface area contributed by atoms with Crippen molar-refractivity contribution in [1.82, 2.24) is 5.32 Å². The lowest BCUT2D eigenvalue weighted by Crippen LogP contribution is -2.49. The van der Waals surface area contributed by atoms with Crippen LogP contribution in [0.1, 0.15) is 47.5 Å². The Morgan fingerprint density at radius 2 is 1.69 bits per heavy atom. The molecule has 1 atom stereocenters. The molecule has 0 spiro atoms. The first-order chi connectivity index (χ1) is 6.82. The highest BCUT2D eigenvalue weighted by atomic mass is 35.5. The summed E-state index contributed by atoms with van der Waals surface area (Å²) in [6.07, 6.45) is 2.20. The van der Waals surface area contributed by atoms with Crippen LogP contribution in [0.3, 0.4) is 0 Å². The first-order valence-corrected chi connectivity index (χ1v) is 5.86. The second-order valence-electron chi connectivity index (χ2n) is 5.27. The molecule has 0 saturated heterocycles. The van der Waals surface area contributed by atoms with Gasteiger partial charge in [-0.15, -0.1) is 12.4 Å². The quantitative estimate of drug-likeness (QED) is 0.787. The zero-order valence-electron chi connectivity index (χ0n) is 11.2. The first-order valence-electron chi connectivity index (χ1n) is 5.86. The van der Waals surface area contributed by atoms with E-state index in [9.17, 15) is 4.79 Å². The Kier molecular flexibility index (Phi) is 8.94. The molecule has 98 valence electrons. The lowest BCUT2D eigenvalue weighted by molar-refractivity contribution is -0.124. The van der Waals surface area contributed by atoms with E-state index >= 15 is 0 Å². The summed E-state index contributed by atoms with van der Waals surface area (Å²) in [5, 5.41) is 2.93. The second-order valence-corrected chi connectivity index (χ2v) is 5.27. The second kappa shape index (κ2) is 7.91.